The molecule has 1 N–H and O–H groups in total. The minimum Gasteiger partial charge on any atom is -0.357 e. The van der Waals surface area contributed by atoms with Gasteiger partial charge in [0.15, 0.2) is 0 Å². The van der Waals surface area contributed by atoms with Crippen molar-refractivity contribution in [1.29, 1.82) is 0 Å². The van der Waals surface area contributed by atoms with Crippen molar-refractivity contribution in [3.05, 3.63) is 5.28 Å². The molecule has 102 valence electrons. The van der Waals surface area contributed by atoms with Crippen LogP contribution in [0.1, 0.15) is 39.5 Å². The Kier molecular flexibility index (Phi) is 6.72. The van der Waals surface area contributed by atoms with Crippen LogP contribution in [0.4, 0.5) is 11.9 Å². The van der Waals surface area contributed by atoms with E-state index in [1.54, 1.807) is 7.05 Å². The third-order valence-electron chi connectivity index (χ3n) is 2.67. The average molecular weight is 272 g/mol. The van der Waals surface area contributed by atoms with E-state index < -0.39 is 0 Å². The van der Waals surface area contributed by atoms with Crippen LogP contribution in [0.5, 0.6) is 0 Å². The molecule has 0 saturated carbocycles. The van der Waals surface area contributed by atoms with Crippen LogP contribution in [-0.4, -0.2) is 35.1 Å². The molecule has 18 heavy (non-hydrogen) atoms. The highest BCUT2D eigenvalue weighted by atomic mass is 35.5. The number of nitrogens with zero attached hydrogens (tertiary/aromatic N) is 4. The largest absolute Gasteiger partial charge is 0.357 e. The topological polar surface area (TPSA) is 53.9 Å². The third kappa shape index (κ3) is 4.64. The van der Waals surface area contributed by atoms with Gasteiger partial charge in [0.25, 0.3) is 0 Å². The molecule has 0 aliphatic rings. The number of hydrogen-bond acceptors (Lipinski definition) is 5. The van der Waals surface area contributed by atoms with Gasteiger partial charge in [-0.05, 0) is 24.4 Å². The number of anilines is 2. The van der Waals surface area contributed by atoms with Gasteiger partial charge in [-0.1, -0.05) is 26.7 Å². The zero-order chi connectivity index (χ0) is 13.4. The minimum absolute atomic E-state index is 0.238. The van der Waals surface area contributed by atoms with Gasteiger partial charge in [0.1, 0.15) is 0 Å². The highest BCUT2D eigenvalue weighted by Gasteiger charge is 2.11. The van der Waals surface area contributed by atoms with Crippen LogP contribution < -0.4 is 10.2 Å². The second-order valence-electron chi connectivity index (χ2n) is 4.17. The van der Waals surface area contributed by atoms with Gasteiger partial charge in [-0.15, -0.1) is 0 Å². The smallest absolute Gasteiger partial charge is 0.231 e. The Morgan fingerprint density at radius 1 is 1.06 bits per heavy atom. The average Bonchev–Trinajstić information content (AvgIpc) is 2.38. The second-order valence-corrected chi connectivity index (χ2v) is 4.51. The molecule has 0 fully saturated rings. The fraction of sp³-hybridized carbons (Fsp3) is 0.750. The van der Waals surface area contributed by atoms with Gasteiger partial charge >= 0.3 is 0 Å². The van der Waals surface area contributed by atoms with Crippen molar-refractivity contribution in [3.8, 4) is 0 Å². The van der Waals surface area contributed by atoms with Crippen LogP contribution in [-0.2, 0) is 0 Å². The lowest BCUT2D eigenvalue weighted by atomic mass is 10.3. The summed E-state index contributed by atoms with van der Waals surface area (Å²) < 4.78 is 0. The summed E-state index contributed by atoms with van der Waals surface area (Å²) in [5.41, 5.74) is 0. The SMILES string of the molecule is CCCCN(CCCC)c1nc(Cl)nc(NC)n1. The normalized spacial score (nSPS) is 10.4. The van der Waals surface area contributed by atoms with Crippen molar-refractivity contribution in [1.82, 2.24) is 15.0 Å². The molecule has 0 amide bonds. The maximum atomic E-state index is 5.91. The van der Waals surface area contributed by atoms with E-state index in [0.717, 1.165) is 38.8 Å². The summed E-state index contributed by atoms with van der Waals surface area (Å²) >= 11 is 5.91. The van der Waals surface area contributed by atoms with Crippen LogP contribution in [0.2, 0.25) is 5.28 Å². The maximum Gasteiger partial charge on any atom is 0.231 e. The number of nitrogens with one attached hydrogen (secondary N) is 1. The summed E-state index contributed by atoms with van der Waals surface area (Å²) in [5, 5.41) is 3.14. The van der Waals surface area contributed by atoms with Crippen LogP contribution in [0.3, 0.4) is 0 Å². The Morgan fingerprint density at radius 3 is 2.17 bits per heavy atom. The van der Waals surface area contributed by atoms with Crippen LogP contribution in [0.25, 0.3) is 0 Å². The molecule has 1 heterocycles. The zero-order valence-electron chi connectivity index (χ0n) is 11.4. The summed E-state index contributed by atoms with van der Waals surface area (Å²) in [7, 11) is 1.78. The maximum absolute atomic E-state index is 5.91. The predicted molar refractivity (Wildman–Crippen MR) is 76.4 cm³/mol. The minimum atomic E-state index is 0.238. The van der Waals surface area contributed by atoms with Gasteiger partial charge in [0, 0.05) is 20.1 Å². The Labute approximate surface area is 114 Å². The molecule has 0 bridgehead atoms. The molecule has 6 heteroatoms. The fourth-order valence-corrected chi connectivity index (χ4v) is 1.76. The van der Waals surface area contributed by atoms with E-state index >= 15 is 0 Å². The van der Waals surface area contributed by atoms with E-state index in [9.17, 15) is 0 Å². The first kappa shape index (κ1) is 15.0. The number of hydrogen-bond donors (Lipinski definition) is 1. The van der Waals surface area contributed by atoms with Gasteiger partial charge in [-0.3, -0.25) is 0 Å². The van der Waals surface area contributed by atoms with Crippen molar-refractivity contribution >= 4 is 23.5 Å². The highest BCUT2D eigenvalue weighted by Crippen LogP contribution is 2.15. The van der Waals surface area contributed by atoms with Gasteiger partial charge in [-0.25, -0.2) is 0 Å². The summed E-state index contributed by atoms with van der Waals surface area (Å²) in [6.45, 7) is 6.27. The molecule has 0 radical (unpaired) electrons. The van der Waals surface area contributed by atoms with Crippen molar-refractivity contribution < 1.29 is 0 Å². The van der Waals surface area contributed by atoms with Crippen molar-refractivity contribution in [2.75, 3.05) is 30.4 Å². The summed E-state index contributed by atoms with van der Waals surface area (Å²) in [5.74, 6) is 1.18. The molecule has 0 unspecified atom stereocenters. The van der Waals surface area contributed by atoms with Crippen molar-refractivity contribution in [3.63, 3.8) is 0 Å². The molecule has 0 aliphatic carbocycles. The third-order valence-corrected chi connectivity index (χ3v) is 2.83. The predicted octanol–water partition coefficient (Wildman–Crippen LogP) is 2.97. The van der Waals surface area contributed by atoms with Gasteiger partial charge in [0.2, 0.25) is 17.2 Å². The molecule has 1 rings (SSSR count). The summed E-state index contributed by atoms with van der Waals surface area (Å²) in [6, 6.07) is 0. The van der Waals surface area contributed by atoms with E-state index in [0.29, 0.717) is 11.9 Å². The van der Waals surface area contributed by atoms with Crippen LogP contribution in [0.15, 0.2) is 0 Å². The molecule has 1 aromatic heterocycles. The summed E-state index contributed by atoms with van der Waals surface area (Å²) in [6.07, 6.45) is 4.56. The molecule has 1 aromatic rings. The van der Waals surface area contributed by atoms with Gasteiger partial charge < -0.3 is 10.2 Å². The molecule has 0 atom stereocenters. The highest BCUT2D eigenvalue weighted by molar-refractivity contribution is 6.28. The van der Waals surface area contributed by atoms with Crippen LogP contribution >= 0.6 is 11.6 Å². The Bertz CT molecular complexity index is 350. The van der Waals surface area contributed by atoms with Gasteiger partial charge in [0.05, 0.1) is 0 Å². The molecule has 0 saturated heterocycles. The summed E-state index contributed by atoms with van der Waals surface area (Å²) in [4.78, 5) is 14.8. The number of halogens is 1. The Morgan fingerprint density at radius 2 is 1.67 bits per heavy atom. The van der Waals surface area contributed by atoms with E-state index in [4.69, 9.17) is 11.6 Å². The fourth-order valence-electron chi connectivity index (χ4n) is 1.60. The number of rotatable bonds is 8. The lowest BCUT2D eigenvalue weighted by Gasteiger charge is -2.22. The standard InChI is InChI=1S/C12H22ClN5/c1-4-6-8-18(9-7-5-2)12-16-10(13)15-11(14-3)17-12/h4-9H2,1-3H3,(H,14,15,16,17). The first-order valence-electron chi connectivity index (χ1n) is 6.55. The van der Waals surface area contributed by atoms with Crippen molar-refractivity contribution in [2.45, 2.75) is 39.5 Å². The molecule has 0 spiro atoms. The first-order chi connectivity index (χ1) is 8.71. The lowest BCUT2D eigenvalue weighted by Crippen LogP contribution is -2.28. The monoisotopic (exact) mass is 271 g/mol. The van der Waals surface area contributed by atoms with E-state index in [1.165, 1.54) is 0 Å². The number of unbranched alkanes of at least 4 members (excludes halogenated alkanes) is 2. The first-order valence-corrected chi connectivity index (χ1v) is 6.93. The Balaban J connectivity index is 2.84. The molecule has 5 nitrogen and oxygen atoms in total. The second kappa shape index (κ2) is 8.08. The van der Waals surface area contributed by atoms with Gasteiger partial charge in [-0.2, -0.15) is 15.0 Å². The van der Waals surface area contributed by atoms with E-state index in [1.807, 2.05) is 0 Å². The van der Waals surface area contributed by atoms with Crippen LogP contribution in [0, 0.1) is 0 Å². The molecular formula is C12H22ClN5. The molecule has 0 aliphatic heterocycles. The quantitative estimate of drug-likeness (QED) is 0.788. The molecular weight excluding hydrogens is 250 g/mol. The zero-order valence-corrected chi connectivity index (χ0v) is 12.2. The Hall–Kier alpha value is -1.10. The lowest BCUT2D eigenvalue weighted by molar-refractivity contribution is 0.661. The molecule has 0 aromatic carbocycles. The van der Waals surface area contributed by atoms with E-state index in [2.05, 4.69) is 39.0 Å². The van der Waals surface area contributed by atoms with Crippen molar-refractivity contribution in [2.24, 2.45) is 0 Å². The number of aromatic nitrogens is 3. The van der Waals surface area contributed by atoms with E-state index in [-0.39, 0.29) is 5.28 Å².